The van der Waals surface area contributed by atoms with Crippen molar-refractivity contribution >= 4 is 0 Å². The number of aliphatic hydroxyl groups is 2. The predicted octanol–water partition coefficient (Wildman–Crippen LogP) is 2.10. The van der Waals surface area contributed by atoms with E-state index in [-0.39, 0.29) is 12.0 Å². The second kappa shape index (κ2) is 8.09. The molecule has 0 radical (unpaired) electrons. The second-order valence-electron chi connectivity index (χ2n) is 6.74. The van der Waals surface area contributed by atoms with Gasteiger partial charge in [0, 0.05) is 43.4 Å². The first-order valence-corrected chi connectivity index (χ1v) is 8.67. The fourth-order valence-corrected chi connectivity index (χ4v) is 3.55. The number of aromatic nitrogens is 2. The largest absolute Gasteiger partial charge is 0.396 e. The zero-order valence-corrected chi connectivity index (χ0v) is 14.0. The molecule has 5 heteroatoms. The molecule has 0 spiro atoms. The smallest absolute Gasteiger partial charge is 0.106 e. The minimum absolute atomic E-state index is 0.0588. The van der Waals surface area contributed by atoms with Crippen molar-refractivity contribution in [3.05, 3.63) is 17.7 Å². The highest BCUT2D eigenvalue weighted by Crippen LogP contribution is 2.35. The Hall–Kier alpha value is -0.910. The van der Waals surface area contributed by atoms with Crippen LogP contribution in [-0.4, -0.2) is 50.9 Å². The Kier molecular flexibility index (Phi) is 6.41. The van der Waals surface area contributed by atoms with Gasteiger partial charge in [-0.15, -0.1) is 0 Å². The number of unbranched alkanes of at least 4 members (excludes halogenated alkanes) is 1. The van der Waals surface area contributed by atoms with E-state index in [0.717, 1.165) is 63.3 Å². The number of aliphatic hydroxyl groups excluding tert-OH is 2. The van der Waals surface area contributed by atoms with Crippen LogP contribution in [0.25, 0.3) is 0 Å². The average Bonchev–Trinajstić information content (AvgIpc) is 2.96. The van der Waals surface area contributed by atoms with Crippen molar-refractivity contribution in [3.63, 3.8) is 0 Å². The van der Waals surface area contributed by atoms with Crippen LogP contribution in [0.15, 0.2) is 6.20 Å². The van der Waals surface area contributed by atoms with Crippen molar-refractivity contribution in [3.8, 4) is 0 Å². The number of nitrogens with zero attached hydrogens (tertiary/aromatic N) is 2. The molecule has 2 rings (SSSR count). The number of hydrogen-bond acceptors (Lipinski definition) is 4. The Morgan fingerprint density at radius 1 is 1.41 bits per heavy atom. The van der Waals surface area contributed by atoms with E-state index in [2.05, 4.69) is 28.7 Å². The summed E-state index contributed by atoms with van der Waals surface area (Å²) in [6, 6.07) is 0. The lowest BCUT2D eigenvalue weighted by molar-refractivity contribution is -0.0821. The molecule has 126 valence electrons. The van der Waals surface area contributed by atoms with Crippen molar-refractivity contribution in [2.75, 3.05) is 19.7 Å². The van der Waals surface area contributed by atoms with Crippen LogP contribution in [0.4, 0.5) is 0 Å². The molecule has 5 nitrogen and oxygen atoms in total. The fraction of sp³-hybridized carbons (Fsp3) is 0.824. The first kappa shape index (κ1) is 17.4. The summed E-state index contributed by atoms with van der Waals surface area (Å²) in [6.45, 7) is 6.79. The number of likely N-dealkylation sites (tertiary alicyclic amines) is 1. The van der Waals surface area contributed by atoms with E-state index >= 15 is 0 Å². The molecule has 1 aliphatic rings. The molecule has 0 aromatic carbocycles. The van der Waals surface area contributed by atoms with Gasteiger partial charge in [-0.2, -0.15) is 0 Å². The van der Waals surface area contributed by atoms with Gasteiger partial charge in [-0.25, -0.2) is 4.98 Å². The van der Waals surface area contributed by atoms with Crippen LogP contribution >= 0.6 is 0 Å². The summed E-state index contributed by atoms with van der Waals surface area (Å²) in [4.78, 5) is 10.2. The summed E-state index contributed by atoms with van der Waals surface area (Å²) in [7, 11) is 0. The van der Waals surface area contributed by atoms with Crippen molar-refractivity contribution in [1.82, 2.24) is 14.9 Å². The van der Waals surface area contributed by atoms with Crippen LogP contribution < -0.4 is 0 Å². The summed E-state index contributed by atoms with van der Waals surface area (Å²) in [5.74, 6) is 1.07. The SMILES string of the molecule is CCCCc1ncc(CN2CC[C@H](O)[C@@](CO)(CCC)C2)[nH]1. The fourth-order valence-electron chi connectivity index (χ4n) is 3.55. The van der Waals surface area contributed by atoms with E-state index in [1.54, 1.807) is 0 Å². The normalized spacial score (nSPS) is 26.5. The first-order chi connectivity index (χ1) is 10.6. The number of rotatable bonds is 8. The minimum atomic E-state index is -0.393. The van der Waals surface area contributed by atoms with Gasteiger partial charge in [0.05, 0.1) is 12.7 Å². The van der Waals surface area contributed by atoms with Crippen LogP contribution in [-0.2, 0) is 13.0 Å². The molecule has 22 heavy (non-hydrogen) atoms. The van der Waals surface area contributed by atoms with Crippen molar-refractivity contribution < 1.29 is 10.2 Å². The zero-order chi connectivity index (χ0) is 16.0. The van der Waals surface area contributed by atoms with Crippen LogP contribution in [0.2, 0.25) is 0 Å². The molecule has 1 aliphatic heterocycles. The number of H-pyrrole nitrogens is 1. The Bertz CT molecular complexity index is 449. The Balaban J connectivity index is 1.96. The number of aromatic amines is 1. The van der Waals surface area contributed by atoms with Crippen molar-refractivity contribution in [2.24, 2.45) is 5.41 Å². The van der Waals surface area contributed by atoms with E-state index < -0.39 is 6.10 Å². The third kappa shape index (κ3) is 4.09. The quantitative estimate of drug-likeness (QED) is 0.687. The van der Waals surface area contributed by atoms with Crippen LogP contribution in [0.5, 0.6) is 0 Å². The highest BCUT2D eigenvalue weighted by atomic mass is 16.3. The molecular weight excluding hydrogens is 278 g/mol. The van der Waals surface area contributed by atoms with Crippen LogP contribution in [0, 0.1) is 5.41 Å². The number of piperidine rings is 1. The van der Waals surface area contributed by atoms with Crippen molar-refractivity contribution in [1.29, 1.82) is 0 Å². The van der Waals surface area contributed by atoms with Gasteiger partial charge in [0.2, 0.25) is 0 Å². The highest BCUT2D eigenvalue weighted by Gasteiger charge is 2.41. The molecule has 1 aromatic heterocycles. The molecule has 0 amide bonds. The van der Waals surface area contributed by atoms with Crippen molar-refractivity contribution in [2.45, 2.75) is 65.0 Å². The van der Waals surface area contributed by atoms with E-state index in [9.17, 15) is 10.2 Å². The summed E-state index contributed by atoms with van der Waals surface area (Å²) >= 11 is 0. The Labute approximate surface area is 133 Å². The highest BCUT2D eigenvalue weighted by molar-refractivity contribution is 5.03. The third-order valence-corrected chi connectivity index (χ3v) is 4.87. The van der Waals surface area contributed by atoms with Gasteiger partial charge in [-0.05, 0) is 19.3 Å². The maximum absolute atomic E-state index is 10.3. The summed E-state index contributed by atoms with van der Waals surface area (Å²) < 4.78 is 0. The Morgan fingerprint density at radius 3 is 2.91 bits per heavy atom. The summed E-state index contributed by atoms with van der Waals surface area (Å²) in [5.41, 5.74) is 0.767. The average molecular weight is 309 g/mol. The summed E-state index contributed by atoms with van der Waals surface area (Å²) in [5, 5.41) is 20.2. The van der Waals surface area contributed by atoms with E-state index in [0.29, 0.717) is 0 Å². The molecule has 0 bridgehead atoms. The molecule has 1 aromatic rings. The lowest BCUT2D eigenvalue weighted by atomic mass is 9.74. The van der Waals surface area contributed by atoms with E-state index in [4.69, 9.17) is 0 Å². The second-order valence-corrected chi connectivity index (χ2v) is 6.74. The van der Waals surface area contributed by atoms with E-state index in [1.807, 2.05) is 6.20 Å². The van der Waals surface area contributed by atoms with Gasteiger partial charge in [-0.1, -0.05) is 26.7 Å². The Morgan fingerprint density at radius 2 is 2.23 bits per heavy atom. The molecule has 2 atom stereocenters. The number of nitrogens with one attached hydrogen (secondary N) is 1. The molecule has 1 fully saturated rings. The molecule has 0 unspecified atom stereocenters. The lowest BCUT2D eigenvalue weighted by Gasteiger charge is -2.45. The van der Waals surface area contributed by atoms with Gasteiger partial charge in [0.15, 0.2) is 0 Å². The minimum Gasteiger partial charge on any atom is -0.396 e. The predicted molar refractivity (Wildman–Crippen MR) is 87.5 cm³/mol. The molecule has 0 saturated carbocycles. The van der Waals surface area contributed by atoms with E-state index in [1.165, 1.54) is 6.42 Å². The molecule has 2 heterocycles. The third-order valence-electron chi connectivity index (χ3n) is 4.87. The number of imidazole rings is 1. The van der Waals surface area contributed by atoms with Gasteiger partial charge in [-0.3, -0.25) is 4.90 Å². The molecule has 3 N–H and O–H groups in total. The maximum atomic E-state index is 10.3. The lowest BCUT2D eigenvalue weighted by Crippen LogP contribution is -2.53. The van der Waals surface area contributed by atoms with Gasteiger partial charge < -0.3 is 15.2 Å². The monoisotopic (exact) mass is 309 g/mol. The summed E-state index contributed by atoms with van der Waals surface area (Å²) in [6.07, 6.45) is 7.46. The number of aryl methyl sites for hydroxylation is 1. The maximum Gasteiger partial charge on any atom is 0.106 e. The molecule has 0 aliphatic carbocycles. The zero-order valence-electron chi connectivity index (χ0n) is 14.0. The number of hydrogen-bond donors (Lipinski definition) is 3. The van der Waals surface area contributed by atoms with Gasteiger partial charge >= 0.3 is 0 Å². The van der Waals surface area contributed by atoms with Gasteiger partial charge in [0.25, 0.3) is 0 Å². The van der Waals surface area contributed by atoms with Gasteiger partial charge in [0.1, 0.15) is 5.82 Å². The van der Waals surface area contributed by atoms with Crippen LogP contribution in [0.3, 0.4) is 0 Å². The molecular formula is C17H31N3O2. The first-order valence-electron chi connectivity index (χ1n) is 8.67. The van der Waals surface area contributed by atoms with Crippen LogP contribution in [0.1, 0.15) is 57.5 Å². The molecule has 1 saturated heterocycles. The standard InChI is InChI=1S/C17H31N3O2/c1-3-5-6-16-18-10-14(19-16)11-20-9-7-15(22)17(12-20,13-21)8-4-2/h10,15,21-22H,3-9,11-13H2,1-2H3,(H,18,19)/t15-,17-/m0/s1. The topological polar surface area (TPSA) is 72.4 Å².